The van der Waals surface area contributed by atoms with E-state index in [9.17, 15) is 4.79 Å². The van der Waals surface area contributed by atoms with Gasteiger partial charge in [0.25, 0.3) is 0 Å². The molecule has 26 heavy (non-hydrogen) atoms. The quantitative estimate of drug-likeness (QED) is 0.801. The third-order valence-corrected chi connectivity index (χ3v) is 5.29. The highest BCUT2D eigenvalue weighted by molar-refractivity contribution is 6.31. The Balaban J connectivity index is 1.65. The van der Waals surface area contributed by atoms with E-state index in [1.54, 1.807) is 0 Å². The summed E-state index contributed by atoms with van der Waals surface area (Å²) in [7, 11) is 0. The Morgan fingerprint density at radius 2 is 1.81 bits per heavy atom. The van der Waals surface area contributed by atoms with Crippen LogP contribution >= 0.6 is 11.6 Å². The lowest BCUT2D eigenvalue weighted by Crippen LogP contribution is -2.42. The van der Waals surface area contributed by atoms with Crippen molar-refractivity contribution in [2.24, 2.45) is 0 Å². The van der Waals surface area contributed by atoms with Crippen molar-refractivity contribution in [1.29, 1.82) is 0 Å². The van der Waals surface area contributed by atoms with Crippen molar-refractivity contribution in [1.82, 2.24) is 5.32 Å². The average molecular weight is 373 g/mol. The number of amides is 1. The molecule has 0 atom stereocenters. The maximum atomic E-state index is 11.1. The van der Waals surface area contributed by atoms with Crippen LogP contribution in [0, 0.1) is 0 Å². The highest BCUT2D eigenvalue weighted by atomic mass is 35.5. The van der Waals surface area contributed by atoms with Crippen molar-refractivity contribution < 1.29 is 9.53 Å². The SMILES string of the molecule is CC(=O)Nc1ccc(CNCC2(c3ccccc3Cl)CCOCC2)cc1. The summed E-state index contributed by atoms with van der Waals surface area (Å²) >= 11 is 6.50. The molecule has 1 aliphatic heterocycles. The Kier molecular flexibility index (Phi) is 6.30. The van der Waals surface area contributed by atoms with E-state index < -0.39 is 0 Å². The molecule has 0 saturated carbocycles. The van der Waals surface area contributed by atoms with Crippen molar-refractivity contribution in [2.45, 2.75) is 31.7 Å². The molecule has 4 nitrogen and oxygen atoms in total. The lowest BCUT2D eigenvalue weighted by molar-refractivity contribution is -0.114. The number of hydrogen-bond acceptors (Lipinski definition) is 3. The van der Waals surface area contributed by atoms with Gasteiger partial charge in [-0.15, -0.1) is 0 Å². The molecule has 0 aliphatic carbocycles. The number of rotatable bonds is 6. The fourth-order valence-electron chi connectivity index (χ4n) is 3.55. The van der Waals surface area contributed by atoms with Crippen LogP contribution in [0.15, 0.2) is 48.5 Å². The van der Waals surface area contributed by atoms with Gasteiger partial charge in [-0.25, -0.2) is 0 Å². The number of benzene rings is 2. The second-order valence-electron chi connectivity index (χ2n) is 6.85. The summed E-state index contributed by atoms with van der Waals surface area (Å²) in [6.45, 7) is 4.66. The summed E-state index contributed by atoms with van der Waals surface area (Å²) in [4.78, 5) is 11.1. The van der Waals surface area contributed by atoms with Gasteiger partial charge in [0.1, 0.15) is 0 Å². The van der Waals surface area contributed by atoms with Crippen LogP contribution in [-0.4, -0.2) is 25.7 Å². The molecule has 3 rings (SSSR count). The zero-order valence-electron chi connectivity index (χ0n) is 15.1. The number of anilines is 1. The van der Waals surface area contributed by atoms with Gasteiger partial charge in [-0.1, -0.05) is 41.9 Å². The number of halogens is 1. The number of hydrogen-bond donors (Lipinski definition) is 2. The predicted molar refractivity (Wildman–Crippen MR) is 106 cm³/mol. The molecular formula is C21H25ClN2O2. The van der Waals surface area contributed by atoms with Gasteiger partial charge < -0.3 is 15.4 Å². The van der Waals surface area contributed by atoms with Gasteiger partial charge in [-0.05, 0) is 42.2 Å². The molecule has 1 amide bonds. The number of carbonyl (C=O) groups is 1. The minimum absolute atomic E-state index is 0.00667. The molecule has 0 aromatic heterocycles. The fourth-order valence-corrected chi connectivity index (χ4v) is 3.89. The maximum Gasteiger partial charge on any atom is 0.221 e. The Labute approximate surface area is 159 Å². The van der Waals surface area contributed by atoms with Gasteiger partial charge in [0, 0.05) is 49.4 Å². The van der Waals surface area contributed by atoms with E-state index >= 15 is 0 Å². The van der Waals surface area contributed by atoms with E-state index in [4.69, 9.17) is 16.3 Å². The number of ether oxygens (including phenoxy) is 1. The first-order chi connectivity index (χ1) is 12.6. The van der Waals surface area contributed by atoms with Crippen LogP contribution in [-0.2, 0) is 21.5 Å². The number of carbonyl (C=O) groups excluding carboxylic acids is 1. The zero-order valence-corrected chi connectivity index (χ0v) is 15.8. The van der Waals surface area contributed by atoms with Gasteiger partial charge in [0.2, 0.25) is 5.91 Å². The van der Waals surface area contributed by atoms with Crippen molar-refractivity contribution in [3.05, 3.63) is 64.7 Å². The smallest absolute Gasteiger partial charge is 0.221 e. The van der Waals surface area contributed by atoms with E-state index in [0.717, 1.165) is 49.9 Å². The van der Waals surface area contributed by atoms with Gasteiger partial charge in [-0.2, -0.15) is 0 Å². The highest BCUT2D eigenvalue weighted by Crippen LogP contribution is 2.38. The molecule has 0 radical (unpaired) electrons. The number of nitrogens with one attached hydrogen (secondary N) is 2. The van der Waals surface area contributed by atoms with Crippen molar-refractivity contribution in [3.8, 4) is 0 Å². The van der Waals surface area contributed by atoms with Crippen LogP contribution in [0.1, 0.15) is 30.9 Å². The maximum absolute atomic E-state index is 11.1. The molecule has 138 valence electrons. The van der Waals surface area contributed by atoms with Crippen molar-refractivity contribution >= 4 is 23.2 Å². The monoisotopic (exact) mass is 372 g/mol. The molecule has 0 spiro atoms. The summed E-state index contributed by atoms with van der Waals surface area (Å²) in [5, 5.41) is 7.21. The Morgan fingerprint density at radius 1 is 1.12 bits per heavy atom. The van der Waals surface area contributed by atoms with E-state index in [1.807, 2.05) is 36.4 Å². The van der Waals surface area contributed by atoms with Crippen molar-refractivity contribution in [3.63, 3.8) is 0 Å². The van der Waals surface area contributed by atoms with Gasteiger partial charge >= 0.3 is 0 Å². The van der Waals surface area contributed by atoms with Crippen LogP contribution in [0.2, 0.25) is 5.02 Å². The Hall–Kier alpha value is -1.88. The van der Waals surface area contributed by atoms with Crippen LogP contribution in [0.25, 0.3) is 0 Å². The van der Waals surface area contributed by atoms with Crippen LogP contribution in [0.4, 0.5) is 5.69 Å². The molecule has 1 heterocycles. The van der Waals surface area contributed by atoms with Crippen LogP contribution in [0.3, 0.4) is 0 Å². The minimum atomic E-state index is -0.0583. The highest BCUT2D eigenvalue weighted by Gasteiger charge is 2.35. The minimum Gasteiger partial charge on any atom is -0.381 e. The molecule has 2 aromatic rings. The first-order valence-corrected chi connectivity index (χ1v) is 9.37. The lowest BCUT2D eigenvalue weighted by Gasteiger charge is -2.38. The molecule has 2 N–H and O–H groups in total. The molecular weight excluding hydrogens is 348 g/mol. The summed E-state index contributed by atoms with van der Waals surface area (Å²) < 4.78 is 5.59. The zero-order chi connectivity index (χ0) is 18.4. The third-order valence-electron chi connectivity index (χ3n) is 4.96. The molecule has 1 fully saturated rings. The Bertz CT molecular complexity index is 740. The summed E-state index contributed by atoms with van der Waals surface area (Å²) in [6.07, 6.45) is 1.93. The lowest BCUT2D eigenvalue weighted by atomic mass is 9.74. The third kappa shape index (κ3) is 4.64. The molecule has 2 aromatic carbocycles. The largest absolute Gasteiger partial charge is 0.381 e. The summed E-state index contributed by atoms with van der Waals surface area (Å²) in [5.41, 5.74) is 3.21. The van der Waals surface area contributed by atoms with Gasteiger partial charge in [0.15, 0.2) is 0 Å². The molecule has 1 aliphatic rings. The molecule has 0 unspecified atom stereocenters. The Morgan fingerprint density at radius 3 is 2.46 bits per heavy atom. The van der Waals surface area contributed by atoms with Gasteiger partial charge in [-0.3, -0.25) is 4.79 Å². The molecule has 0 bridgehead atoms. The van der Waals surface area contributed by atoms with E-state index in [1.165, 1.54) is 18.1 Å². The molecule has 1 saturated heterocycles. The summed E-state index contributed by atoms with van der Waals surface area (Å²) in [5.74, 6) is -0.0583. The first kappa shape index (κ1) is 18.9. The van der Waals surface area contributed by atoms with E-state index in [2.05, 4.69) is 22.8 Å². The van der Waals surface area contributed by atoms with Gasteiger partial charge in [0.05, 0.1) is 0 Å². The van der Waals surface area contributed by atoms with E-state index in [0.29, 0.717) is 0 Å². The standard InChI is InChI=1S/C21H25ClN2O2/c1-16(25)24-18-8-6-17(7-9-18)14-23-15-21(10-12-26-13-11-21)19-4-2-3-5-20(19)22/h2-9,23H,10-15H2,1H3,(H,24,25). The van der Waals surface area contributed by atoms with Crippen molar-refractivity contribution in [2.75, 3.05) is 25.1 Å². The second-order valence-corrected chi connectivity index (χ2v) is 7.26. The normalized spacial score (nSPS) is 16.2. The predicted octanol–water partition coefficient (Wildman–Crippen LogP) is 4.14. The average Bonchev–Trinajstić information content (AvgIpc) is 2.64. The van der Waals surface area contributed by atoms with Crippen LogP contribution < -0.4 is 10.6 Å². The second kappa shape index (κ2) is 8.67. The fraction of sp³-hybridized carbons (Fsp3) is 0.381. The first-order valence-electron chi connectivity index (χ1n) is 8.99. The molecule has 5 heteroatoms. The summed E-state index contributed by atoms with van der Waals surface area (Å²) in [6, 6.07) is 16.1. The van der Waals surface area contributed by atoms with E-state index in [-0.39, 0.29) is 11.3 Å². The van der Waals surface area contributed by atoms with Crippen LogP contribution in [0.5, 0.6) is 0 Å². The topological polar surface area (TPSA) is 50.4 Å².